The molecular weight excluding hydrogens is 458 g/mol. The molecule has 2 bridgehead atoms. The second-order valence-electron chi connectivity index (χ2n) is 7.86. The number of fused-ring (bicyclic) bond motifs is 3. The molecule has 2 atom stereocenters. The van der Waals surface area contributed by atoms with Gasteiger partial charge in [0.1, 0.15) is 18.1 Å². The average Bonchev–Trinajstić information content (AvgIpc) is 3.43. The van der Waals surface area contributed by atoms with E-state index in [9.17, 15) is 8.42 Å². The molecule has 2 aliphatic rings. The Morgan fingerprint density at radius 1 is 1.13 bits per heavy atom. The Bertz CT molecular complexity index is 1200. The zero-order chi connectivity index (χ0) is 21.6. The molecule has 164 valence electrons. The van der Waals surface area contributed by atoms with Gasteiger partial charge in [-0.3, -0.25) is 4.90 Å². The molecular formula is C21H22ClN3O4S2. The van der Waals surface area contributed by atoms with Crippen LogP contribution >= 0.6 is 22.9 Å². The van der Waals surface area contributed by atoms with Crippen LogP contribution in [0.15, 0.2) is 42.5 Å². The first-order chi connectivity index (χ1) is 14.9. The maximum atomic E-state index is 11.8. The predicted octanol–water partition coefficient (Wildman–Crippen LogP) is 3.84. The standard InChI is InChI=1S/C21H22ClN3O4S2/c1-31(26,27)25-13-14-11-15(25)12-24(14)9-10-28-16-5-7-17(8-6-16)29-21-23-19-4-2-3-18(22)20(19)30-21/h2-8,14-15H,9-13H2,1H3/t14-,15-/m0/s1. The van der Waals surface area contributed by atoms with Gasteiger partial charge in [0.05, 0.1) is 21.5 Å². The van der Waals surface area contributed by atoms with E-state index in [2.05, 4.69) is 9.88 Å². The number of ether oxygens (including phenoxy) is 2. The van der Waals surface area contributed by atoms with Gasteiger partial charge in [-0.25, -0.2) is 13.4 Å². The number of benzene rings is 2. The Morgan fingerprint density at radius 2 is 1.90 bits per heavy atom. The molecule has 0 aliphatic carbocycles. The van der Waals surface area contributed by atoms with E-state index < -0.39 is 10.0 Å². The van der Waals surface area contributed by atoms with Crippen LogP contribution in [0.3, 0.4) is 0 Å². The van der Waals surface area contributed by atoms with Crippen LogP contribution in [0, 0.1) is 0 Å². The molecule has 0 saturated carbocycles. The van der Waals surface area contributed by atoms with Crippen molar-refractivity contribution in [3.63, 3.8) is 0 Å². The van der Waals surface area contributed by atoms with Crippen LogP contribution in [0.2, 0.25) is 5.02 Å². The number of rotatable bonds is 7. The molecule has 2 fully saturated rings. The highest BCUT2D eigenvalue weighted by Crippen LogP contribution is 2.36. The van der Waals surface area contributed by atoms with Crippen LogP contribution in [0.1, 0.15) is 6.42 Å². The van der Waals surface area contributed by atoms with Crippen LogP contribution in [-0.4, -0.2) is 67.2 Å². The highest BCUT2D eigenvalue weighted by atomic mass is 35.5. The lowest BCUT2D eigenvalue weighted by Crippen LogP contribution is -2.49. The summed E-state index contributed by atoms with van der Waals surface area (Å²) in [7, 11) is -3.10. The molecule has 0 spiro atoms. The fraction of sp³-hybridized carbons (Fsp3) is 0.381. The van der Waals surface area contributed by atoms with Crippen molar-refractivity contribution in [2.75, 3.05) is 32.5 Å². The molecule has 2 aromatic carbocycles. The molecule has 0 amide bonds. The van der Waals surface area contributed by atoms with E-state index in [4.69, 9.17) is 21.1 Å². The lowest BCUT2D eigenvalue weighted by Gasteiger charge is -2.32. The summed E-state index contributed by atoms with van der Waals surface area (Å²) in [6.07, 6.45) is 2.20. The third-order valence-corrected chi connectivity index (χ3v) is 8.46. The van der Waals surface area contributed by atoms with Crippen LogP contribution in [0.4, 0.5) is 0 Å². The Morgan fingerprint density at radius 3 is 2.58 bits per heavy atom. The summed E-state index contributed by atoms with van der Waals surface area (Å²) in [5.41, 5.74) is 0.822. The first-order valence-electron chi connectivity index (χ1n) is 10.0. The van der Waals surface area contributed by atoms with Crippen LogP contribution in [-0.2, 0) is 10.0 Å². The summed E-state index contributed by atoms with van der Waals surface area (Å²) < 4.78 is 37.9. The van der Waals surface area contributed by atoms with Gasteiger partial charge in [0.15, 0.2) is 0 Å². The van der Waals surface area contributed by atoms with E-state index in [1.807, 2.05) is 42.5 Å². The highest BCUT2D eigenvalue weighted by molar-refractivity contribution is 7.88. The van der Waals surface area contributed by atoms with Gasteiger partial charge in [-0.15, -0.1) is 0 Å². The van der Waals surface area contributed by atoms with E-state index in [0.29, 0.717) is 35.2 Å². The number of piperazine rings is 1. The van der Waals surface area contributed by atoms with E-state index in [1.54, 1.807) is 4.31 Å². The van der Waals surface area contributed by atoms with E-state index in [1.165, 1.54) is 17.6 Å². The average molecular weight is 480 g/mol. The van der Waals surface area contributed by atoms with Gasteiger partial charge in [0.25, 0.3) is 5.19 Å². The van der Waals surface area contributed by atoms with E-state index >= 15 is 0 Å². The molecule has 2 aliphatic heterocycles. The molecule has 3 heterocycles. The lowest BCUT2D eigenvalue weighted by molar-refractivity contribution is 0.153. The van der Waals surface area contributed by atoms with Gasteiger partial charge in [-0.05, 0) is 42.8 Å². The van der Waals surface area contributed by atoms with Crippen LogP contribution < -0.4 is 9.47 Å². The highest BCUT2D eigenvalue weighted by Gasteiger charge is 2.46. The summed E-state index contributed by atoms with van der Waals surface area (Å²) in [5.74, 6) is 1.45. The van der Waals surface area contributed by atoms with Gasteiger partial charge < -0.3 is 9.47 Å². The quantitative estimate of drug-likeness (QED) is 0.512. The summed E-state index contributed by atoms with van der Waals surface area (Å²) in [6, 6.07) is 13.5. The largest absolute Gasteiger partial charge is 0.492 e. The van der Waals surface area contributed by atoms with E-state index in [0.717, 1.165) is 35.5 Å². The van der Waals surface area contributed by atoms with Crippen LogP contribution in [0.5, 0.6) is 16.7 Å². The lowest BCUT2D eigenvalue weighted by atomic mass is 10.2. The number of hydrogen-bond donors (Lipinski definition) is 0. The normalized spacial score (nSPS) is 21.7. The first kappa shape index (κ1) is 21.0. The van der Waals surface area contributed by atoms with Crippen molar-refractivity contribution < 1.29 is 17.9 Å². The van der Waals surface area contributed by atoms with E-state index in [-0.39, 0.29) is 6.04 Å². The fourth-order valence-electron chi connectivity index (χ4n) is 4.32. The summed E-state index contributed by atoms with van der Waals surface area (Å²) in [4.78, 5) is 6.78. The first-order valence-corrected chi connectivity index (χ1v) is 13.1. The van der Waals surface area contributed by atoms with Gasteiger partial charge in [-0.1, -0.05) is 29.0 Å². The Balaban J connectivity index is 1.12. The molecule has 31 heavy (non-hydrogen) atoms. The number of thiazole rings is 1. The number of likely N-dealkylation sites (tertiary alicyclic amines) is 1. The molecule has 0 radical (unpaired) electrons. The smallest absolute Gasteiger partial charge is 0.279 e. The molecule has 0 unspecified atom stereocenters. The van der Waals surface area contributed by atoms with Crippen molar-refractivity contribution in [3.8, 4) is 16.7 Å². The minimum atomic E-state index is -3.10. The number of halogens is 1. The second kappa shape index (κ2) is 8.22. The minimum absolute atomic E-state index is 0.105. The number of nitrogens with zero attached hydrogens (tertiary/aromatic N) is 3. The zero-order valence-corrected chi connectivity index (χ0v) is 19.3. The fourth-order valence-corrected chi connectivity index (χ4v) is 6.58. The van der Waals surface area contributed by atoms with Crippen molar-refractivity contribution in [2.24, 2.45) is 0 Å². The van der Waals surface area contributed by atoms with Gasteiger partial charge in [0, 0.05) is 31.7 Å². The zero-order valence-electron chi connectivity index (χ0n) is 16.9. The molecule has 3 aromatic rings. The van der Waals surface area contributed by atoms with Gasteiger partial charge in [0.2, 0.25) is 10.0 Å². The minimum Gasteiger partial charge on any atom is -0.492 e. The SMILES string of the molecule is CS(=O)(=O)N1C[C@@H]2C[C@H]1CN2CCOc1ccc(Oc2nc3cccc(Cl)c3s2)cc1. The molecule has 1 aromatic heterocycles. The number of sulfonamides is 1. The van der Waals surface area contributed by atoms with Gasteiger partial charge >= 0.3 is 0 Å². The number of hydrogen-bond acceptors (Lipinski definition) is 7. The van der Waals surface area contributed by atoms with Crippen molar-refractivity contribution in [1.29, 1.82) is 0 Å². The Kier molecular flexibility index (Phi) is 5.56. The van der Waals surface area contributed by atoms with Crippen molar-refractivity contribution in [3.05, 3.63) is 47.5 Å². The predicted molar refractivity (Wildman–Crippen MR) is 122 cm³/mol. The number of aromatic nitrogens is 1. The van der Waals surface area contributed by atoms with Crippen molar-refractivity contribution >= 4 is 43.2 Å². The Labute approximate surface area is 190 Å². The maximum absolute atomic E-state index is 11.8. The van der Waals surface area contributed by atoms with Crippen LogP contribution in [0.25, 0.3) is 10.2 Å². The Hall–Kier alpha value is -1.91. The summed E-state index contributed by atoms with van der Waals surface area (Å²) in [5, 5.41) is 1.22. The summed E-state index contributed by atoms with van der Waals surface area (Å²) >= 11 is 7.62. The summed E-state index contributed by atoms with van der Waals surface area (Å²) in [6.45, 7) is 2.70. The maximum Gasteiger partial charge on any atom is 0.279 e. The topological polar surface area (TPSA) is 72.0 Å². The molecule has 7 nitrogen and oxygen atoms in total. The molecule has 10 heteroatoms. The van der Waals surface area contributed by atoms with Crippen molar-refractivity contribution in [1.82, 2.24) is 14.2 Å². The molecule has 2 saturated heterocycles. The monoisotopic (exact) mass is 479 g/mol. The van der Waals surface area contributed by atoms with Gasteiger partial charge in [-0.2, -0.15) is 4.31 Å². The third-order valence-electron chi connectivity index (χ3n) is 5.75. The molecule has 0 N–H and O–H groups in total. The van der Waals surface area contributed by atoms with Crippen molar-refractivity contribution in [2.45, 2.75) is 18.5 Å². The second-order valence-corrected chi connectivity index (χ2v) is 11.2. The third kappa shape index (κ3) is 4.38. The molecule has 5 rings (SSSR count).